The van der Waals surface area contributed by atoms with Crippen molar-refractivity contribution < 1.29 is 14.4 Å². The molecule has 0 spiro atoms. The largest absolute Gasteiger partial charge is 0.409 e. The lowest BCUT2D eigenvalue weighted by molar-refractivity contribution is 0.0666. The van der Waals surface area contributed by atoms with Crippen LogP contribution in [0.25, 0.3) is 0 Å². The van der Waals surface area contributed by atoms with Crippen LogP contribution in [0, 0.1) is 11.2 Å². The smallest absolute Gasteiger partial charge is 0.255 e. The molecule has 5 nitrogen and oxygen atoms in total. The quantitative estimate of drug-likeness (QED) is 0.381. The fourth-order valence-electron chi connectivity index (χ4n) is 2.42. The zero-order valence-electron chi connectivity index (χ0n) is 11.6. The highest BCUT2D eigenvalue weighted by Gasteiger charge is 2.36. The fourth-order valence-corrected chi connectivity index (χ4v) is 2.63. The van der Waals surface area contributed by atoms with E-state index in [1.54, 1.807) is 4.90 Å². The van der Waals surface area contributed by atoms with Crippen LogP contribution in [-0.4, -0.2) is 34.9 Å². The van der Waals surface area contributed by atoms with Crippen LogP contribution in [0.5, 0.6) is 0 Å². The van der Waals surface area contributed by atoms with E-state index in [1.807, 2.05) is 6.92 Å². The lowest BCUT2D eigenvalue weighted by Crippen LogP contribution is -2.47. The second-order valence-corrected chi connectivity index (χ2v) is 5.82. The van der Waals surface area contributed by atoms with Crippen molar-refractivity contribution in [3.8, 4) is 0 Å². The summed E-state index contributed by atoms with van der Waals surface area (Å²) in [4.78, 5) is 14.0. The van der Waals surface area contributed by atoms with E-state index in [9.17, 15) is 9.18 Å². The molecule has 21 heavy (non-hydrogen) atoms. The Labute approximate surface area is 127 Å². The average molecular weight is 314 g/mol. The lowest BCUT2D eigenvalue weighted by Gasteiger charge is -2.38. The van der Waals surface area contributed by atoms with Gasteiger partial charge in [0.25, 0.3) is 5.91 Å². The van der Waals surface area contributed by atoms with Crippen molar-refractivity contribution in [2.75, 3.05) is 13.1 Å². The first-order valence-electron chi connectivity index (χ1n) is 6.60. The maximum Gasteiger partial charge on any atom is 0.255 e. The van der Waals surface area contributed by atoms with Crippen LogP contribution in [0.2, 0.25) is 5.02 Å². The standard InChI is InChI=1S/C14H17ClFN3O2/c1-14(13(17)18-21)5-7-19(8-6-14)12(20)9-3-2-4-10(16)11(9)15/h2-4,21H,5-8H2,1H3,(H2,17,18). The van der Waals surface area contributed by atoms with Gasteiger partial charge in [0.05, 0.1) is 10.6 Å². The maximum atomic E-state index is 13.4. The first-order valence-corrected chi connectivity index (χ1v) is 6.98. The molecule has 3 N–H and O–H groups in total. The molecule has 2 rings (SSSR count). The molecule has 0 radical (unpaired) electrons. The van der Waals surface area contributed by atoms with E-state index >= 15 is 0 Å². The van der Waals surface area contributed by atoms with Crippen LogP contribution in [0.3, 0.4) is 0 Å². The van der Waals surface area contributed by atoms with Crippen LogP contribution in [0.1, 0.15) is 30.1 Å². The van der Waals surface area contributed by atoms with Crippen molar-refractivity contribution in [2.45, 2.75) is 19.8 Å². The van der Waals surface area contributed by atoms with Crippen molar-refractivity contribution in [1.29, 1.82) is 0 Å². The molecule has 0 aliphatic carbocycles. The molecule has 0 aromatic heterocycles. The molecule has 1 amide bonds. The fraction of sp³-hybridized carbons (Fsp3) is 0.429. The lowest BCUT2D eigenvalue weighted by atomic mass is 9.79. The van der Waals surface area contributed by atoms with E-state index in [2.05, 4.69) is 5.16 Å². The normalized spacial score (nSPS) is 18.6. The third-order valence-electron chi connectivity index (χ3n) is 4.06. The van der Waals surface area contributed by atoms with Crippen LogP contribution in [0.4, 0.5) is 4.39 Å². The molecule has 114 valence electrons. The minimum Gasteiger partial charge on any atom is -0.409 e. The zero-order chi connectivity index (χ0) is 15.6. The number of piperidine rings is 1. The Balaban J connectivity index is 2.12. The van der Waals surface area contributed by atoms with Crippen LogP contribution in [-0.2, 0) is 0 Å². The molecule has 1 fully saturated rings. The molecular formula is C14H17ClFN3O2. The molecular weight excluding hydrogens is 297 g/mol. The molecule has 1 aromatic rings. The van der Waals surface area contributed by atoms with Gasteiger partial charge in [0, 0.05) is 18.5 Å². The predicted molar refractivity (Wildman–Crippen MR) is 78.1 cm³/mol. The van der Waals surface area contributed by atoms with Gasteiger partial charge in [-0.15, -0.1) is 0 Å². The number of nitrogens with zero attached hydrogens (tertiary/aromatic N) is 2. The number of hydrogen-bond donors (Lipinski definition) is 2. The second kappa shape index (κ2) is 5.89. The molecule has 1 saturated heterocycles. The van der Waals surface area contributed by atoms with Gasteiger partial charge in [0.15, 0.2) is 0 Å². The van der Waals surface area contributed by atoms with Gasteiger partial charge in [-0.25, -0.2) is 4.39 Å². The van der Waals surface area contributed by atoms with E-state index in [-0.39, 0.29) is 22.3 Å². The average Bonchev–Trinajstić information content (AvgIpc) is 2.49. The highest BCUT2D eigenvalue weighted by Crippen LogP contribution is 2.32. The predicted octanol–water partition coefficient (Wildman–Crippen LogP) is 2.47. The zero-order valence-corrected chi connectivity index (χ0v) is 12.4. The highest BCUT2D eigenvalue weighted by atomic mass is 35.5. The molecule has 1 aliphatic heterocycles. The Morgan fingerprint density at radius 3 is 2.67 bits per heavy atom. The number of amidine groups is 1. The van der Waals surface area contributed by atoms with Crippen molar-refractivity contribution in [3.63, 3.8) is 0 Å². The topological polar surface area (TPSA) is 78.9 Å². The molecule has 1 heterocycles. The maximum absolute atomic E-state index is 13.4. The van der Waals surface area contributed by atoms with Crippen LogP contribution >= 0.6 is 11.6 Å². The minimum absolute atomic E-state index is 0.157. The second-order valence-electron chi connectivity index (χ2n) is 5.44. The van der Waals surface area contributed by atoms with E-state index in [0.29, 0.717) is 25.9 Å². The minimum atomic E-state index is -0.610. The third kappa shape index (κ3) is 2.95. The number of benzene rings is 1. The van der Waals surface area contributed by atoms with E-state index < -0.39 is 11.2 Å². The number of hydrogen-bond acceptors (Lipinski definition) is 3. The first-order chi connectivity index (χ1) is 9.89. The number of carbonyl (C=O) groups excluding carboxylic acids is 1. The van der Waals surface area contributed by atoms with Crippen molar-refractivity contribution >= 4 is 23.3 Å². The molecule has 0 unspecified atom stereocenters. The number of oxime groups is 1. The summed E-state index contributed by atoms with van der Waals surface area (Å²) in [6, 6.07) is 4.18. The molecule has 0 atom stereocenters. The Kier molecular flexibility index (Phi) is 4.37. The van der Waals surface area contributed by atoms with Gasteiger partial charge in [0.2, 0.25) is 0 Å². The van der Waals surface area contributed by atoms with E-state index in [4.69, 9.17) is 22.5 Å². The van der Waals surface area contributed by atoms with Gasteiger partial charge < -0.3 is 15.8 Å². The Hall–Kier alpha value is -1.82. The number of nitrogens with two attached hydrogens (primary N) is 1. The summed E-state index contributed by atoms with van der Waals surface area (Å²) in [7, 11) is 0. The van der Waals surface area contributed by atoms with Crippen LogP contribution in [0.15, 0.2) is 23.4 Å². The summed E-state index contributed by atoms with van der Waals surface area (Å²) in [6.07, 6.45) is 1.14. The summed E-state index contributed by atoms with van der Waals surface area (Å²) in [5.41, 5.74) is 5.41. The summed E-state index contributed by atoms with van der Waals surface area (Å²) in [5.74, 6) is -0.750. The number of rotatable bonds is 2. The summed E-state index contributed by atoms with van der Waals surface area (Å²) < 4.78 is 13.4. The number of likely N-dealkylation sites (tertiary alicyclic amines) is 1. The molecule has 0 saturated carbocycles. The highest BCUT2D eigenvalue weighted by molar-refractivity contribution is 6.34. The molecule has 0 bridgehead atoms. The van der Waals surface area contributed by atoms with E-state index in [0.717, 1.165) is 0 Å². The summed E-state index contributed by atoms with van der Waals surface area (Å²) in [5, 5.41) is 11.7. The van der Waals surface area contributed by atoms with Crippen molar-refractivity contribution in [3.05, 3.63) is 34.6 Å². The van der Waals surface area contributed by atoms with Gasteiger partial charge >= 0.3 is 0 Å². The first kappa shape index (κ1) is 15.6. The molecule has 1 aromatic carbocycles. The number of amides is 1. The third-order valence-corrected chi connectivity index (χ3v) is 4.45. The monoisotopic (exact) mass is 313 g/mol. The molecule has 1 aliphatic rings. The Morgan fingerprint density at radius 2 is 2.10 bits per heavy atom. The van der Waals surface area contributed by atoms with E-state index in [1.165, 1.54) is 18.2 Å². The van der Waals surface area contributed by atoms with Gasteiger partial charge in [0.1, 0.15) is 11.7 Å². The SMILES string of the molecule is CC1(/C(N)=N/O)CCN(C(=O)c2cccc(F)c2Cl)CC1. The van der Waals surface area contributed by atoms with Gasteiger partial charge in [-0.05, 0) is 25.0 Å². The molecule has 7 heteroatoms. The van der Waals surface area contributed by atoms with Gasteiger partial charge in [-0.3, -0.25) is 4.79 Å². The summed E-state index contributed by atoms with van der Waals surface area (Å²) >= 11 is 5.84. The number of halogens is 2. The summed E-state index contributed by atoms with van der Waals surface area (Å²) in [6.45, 7) is 2.77. The Bertz CT molecular complexity index is 584. The number of carbonyl (C=O) groups is 1. The van der Waals surface area contributed by atoms with Crippen molar-refractivity contribution in [2.24, 2.45) is 16.3 Å². The Morgan fingerprint density at radius 1 is 1.48 bits per heavy atom. The van der Waals surface area contributed by atoms with Crippen molar-refractivity contribution in [1.82, 2.24) is 4.90 Å². The van der Waals surface area contributed by atoms with Gasteiger partial charge in [-0.1, -0.05) is 29.7 Å². The van der Waals surface area contributed by atoms with Crippen LogP contribution < -0.4 is 5.73 Å². The van der Waals surface area contributed by atoms with Gasteiger partial charge in [-0.2, -0.15) is 0 Å².